The Morgan fingerprint density at radius 3 is 2.65 bits per heavy atom. The monoisotopic (exact) mass is 274 g/mol. The van der Waals surface area contributed by atoms with Gasteiger partial charge < -0.3 is 9.47 Å². The first-order chi connectivity index (χ1) is 9.72. The average Bonchev–Trinajstić information content (AvgIpc) is 3.22. The maximum absolute atomic E-state index is 12.0. The summed E-state index contributed by atoms with van der Waals surface area (Å²) >= 11 is 0. The molecule has 0 bridgehead atoms. The van der Waals surface area contributed by atoms with Gasteiger partial charge in [-0.05, 0) is 31.0 Å². The molecular formula is C15H18N2O3. The maximum atomic E-state index is 12.0. The molecule has 2 aliphatic rings. The first kappa shape index (κ1) is 13.0. The van der Waals surface area contributed by atoms with Gasteiger partial charge in [0.15, 0.2) is 11.5 Å². The molecule has 0 spiro atoms. The summed E-state index contributed by atoms with van der Waals surface area (Å²) in [5.41, 5.74) is 1.91. The van der Waals surface area contributed by atoms with Gasteiger partial charge in [-0.25, -0.2) is 5.01 Å². The Morgan fingerprint density at radius 1 is 1.25 bits per heavy atom. The quantitative estimate of drug-likeness (QED) is 0.844. The maximum Gasteiger partial charge on any atom is 0.245 e. The molecule has 0 aromatic heterocycles. The SMILES string of the molecule is COc1ccc(C2=NN(C(=O)C3CC3)CC2)cc1OC. The van der Waals surface area contributed by atoms with Crippen molar-refractivity contribution in [1.82, 2.24) is 5.01 Å². The number of methoxy groups -OCH3 is 2. The van der Waals surface area contributed by atoms with Gasteiger partial charge in [0.05, 0.1) is 26.5 Å². The number of nitrogens with zero attached hydrogens (tertiary/aromatic N) is 2. The summed E-state index contributed by atoms with van der Waals surface area (Å²) in [4.78, 5) is 12.0. The van der Waals surface area contributed by atoms with Gasteiger partial charge in [-0.3, -0.25) is 4.79 Å². The topological polar surface area (TPSA) is 51.1 Å². The van der Waals surface area contributed by atoms with E-state index in [4.69, 9.17) is 9.47 Å². The van der Waals surface area contributed by atoms with Crippen molar-refractivity contribution in [3.63, 3.8) is 0 Å². The summed E-state index contributed by atoms with van der Waals surface area (Å²) < 4.78 is 10.5. The fraction of sp³-hybridized carbons (Fsp3) is 0.467. The number of rotatable bonds is 4. The lowest BCUT2D eigenvalue weighted by Crippen LogP contribution is -2.24. The van der Waals surface area contributed by atoms with Crippen LogP contribution in [-0.2, 0) is 4.79 Å². The molecule has 1 saturated carbocycles. The molecule has 0 radical (unpaired) electrons. The molecule has 1 aromatic carbocycles. The Morgan fingerprint density at radius 2 is 2.00 bits per heavy atom. The smallest absolute Gasteiger partial charge is 0.245 e. The number of hydrazone groups is 1. The Hall–Kier alpha value is -2.04. The Kier molecular flexibility index (Phi) is 3.34. The van der Waals surface area contributed by atoms with Gasteiger partial charge >= 0.3 is 0 Å². The van der Waals surface area contributed by atoms with E-state index in [-0.39, 0.29) is 11.8 Å². The average molecular weight is 274 g/mol. The highest BCUT2D eigenvalue weighted by Gasteiger charge is 2.35. The minimum atomic E-state index is 0.167. The number of benzene rings is 1. The van der Waals surface area contributed by atoms with Gasteiger partial charge in [0.1, 0.15) is 0 Å². The second-order valence-electron chi connectivity index (χ2n) is 5.10. The Balaban J connectivity index is 1.82. The Bertz CT molecular complexity index is 564. The molecule has 3 rings (SSSR count). The number of carbonyl (C=O) groups is 1. The van der Waals surface area contributed by atoms with E-state index < -0.39 is 0 Å². The molecule has 1 aliphatic carbocycles. The van der Waals surface area contributed by atoms with E-state index in [1.807, 2.05) is 18.2 Å². The van der Waals surface area contributed by atoms with Crippen molar-refractivity contribution in [2.75, 3.05) is 20.8 Å². The summed E-state index contributed by atoms with van der Waals surface area (Å²) in [6.07, 6.45) is 2.81. The zero-order valence-electron chi connectivity index (χ0n) is 11.8. The van der Waals surface area contributed by atoms with Gasteiger partial charge in [-0.15, -0.1) is 0 Å². The first-order valence-corrected chi connectivity index (χ1v) is 6.84. The Labute approximate surface area is 118 Å². The van der Waals surface area contributed by atoms with Gasteiger partial charge in [0.2, 0.25) is 5.91 Å². The van der Waals surface area contributed by atoms with Gasteiger partial charge in [0, 0.05) is 17.9 Å². The summed E-state index contributed by atoms with van der Waals surface area (Å²) in [6.45, 7) is 0.680. The van der Waals surface area contributed by atoms with Crippen molar-refractivity contribution < 1.29 is 14.3 Å². The predicted octanol–water partition coefficient (Wildman–Crippen LogP) is 2.05. The van der Waals surface area contributed by atoms with Crippen LogP contribution in [-0.4, -0.2) is 37.4 Å². The summed E-state index contributed by atoms with van der Waals surface area (Å²) in [5.74, 6) is 1.75. The van der Waals surface area contributed by atoms with E-state index in [0.29, 0.717) is 18.0 Å². The minimum absolute atomic E-state index is 0.167. The standard InChI is InChI=1S/C15H18N2O3/c1-19-13-6-5-11(9-14(13)20-2)12-7-8-17(16-12)15(18)10-3-4-10/h5-6,9-10H,3-4,7-8H2,1-2H3. The summed E-state index contributed by atoms with van der Waals surface area (Å²) in [7, 11) is 3.22. The van der Waals surface area contributed by atoms with Crippen LogP contribution in [0.15, 0.2) is 23.3 Å². The molecule has 106 valence electrons. The molecule has 1 amide bonds. The fourth-order valence-electron chi connectivity index (χ4n) is 2.38. The van der Waals surface area contributed by atoms with Crippen molar-refractivity contribution >= 4 is 11.6 Å². The lowest BCUT2D eigenvalue weighted by molar-refractivity contribution is -0.132. The number of carbonyl (C=O) groups excluding carboxylic acids is 1. The van der Waals surface area contributed by atoms with Gasteiger partial charge in [-0.2, -0.15) is 5.10 Å². The third kappa shape index (κ3) is 2.35. The third-order valence-electron chi connectivity index (χ3n) is 3.70. The van der Waals surface area contributed by atoms with Crippen LogP contribution in [0, 0.1) is 5.92 Å². The lowest BCUT2D eigenvalue weighted by atomic mass is 10.1. The fourth-order valence-corrected chi connectivity index (χ4v) is 2.38. The molecule has 5 nitrogen and oxygen atoms in total. The number of ether oxygens (including phenoxy) is 2. The summed E-state index contributed by atoms with van der Waals surface area (Å²) in [6, 6.07) is 5.72. The molecule has 0 N–H and O–H groups in total. The normalized spacial score (nSPS) is 17.9. The van der Waals surface area contributed by atoms with E-state index >= 15 is 0 Å². The van der Waals surface area contributed by atoms with E-state index in [9.17, 15) is 4.79 Å². The van der Waals surface area contributed by atoms with Crippen molar-refractivity contribution in [1.29, 1.82) is 0 Å². The largest absolute Gasteiger partial charge is 0.493 e. The zero-order chi connectivity index (χ0) is 14.1. The van der Waals surface area contributed by atoms with Crippen LogP contribution in [0.25, 0.3) is 0 Å². The van der Waals surface area contributed by atoms with Crippen LogP contribution in [0.3, 0.4) is 0 Å². The highest BCUT2D eigenvalue weighted by Crippen LogP contribution is 2.33. The van der Waals surface area contributed by atoms with Crippen LogP contribution in [0.4, 0.5) is 0 Å². The molecule has 5 heteroatoms. The van der Waals surface area contributed by atoms with Crippen LogP contribution < -0.4 is 9.47 Å². The number of amides is 1. The predicted molar refractivity (Wildman–Crippen MR) is 75.1 cm³/mol. The van der Waals surface area contributed by atoms with E-state index in [2.05, 4.69) is 5.10 Å². The molecule has 0 saturated heterocycles. The van der Waals surface area contributed by atoms with Gasteiger partial charge in [-0.1, -0.05) is 0 Å². The second kappa shape index (κ2) is 5.15. The van der Waals surface area contributed by atoms with E-state index in [0.717, 1.165) is 30.5 Å². The number of hydrogen-bond acceptors (Lipinski definition) is 4. The van der Waals surface area contributed by atoms with E-state index in [1.165, 1.54) is 0 Å². The molecular weight excluding hydrogens is 256 g/mol. The van der Waals surface area contributed by atoms with Gasteiger partial charge in [0.25, 0.3) is 0 Å². The minimum Gasteiger partial charge on any atom is -0.493 e. The molecule has 1 aliphatic heterocycles. The molecule has 0 unspecified atom stereocenters. The van der Waals surface area contributed by atoms with Crippen LogP contribution >= 0.6 is 0 Å². The zero-order valence-corrected chi connectivity index (χ0v) is 11.8. The van der Waals surface area contributed by atoms with Crippen molar-refractivity contribution in [2.45, 2.75) is 19.3 Å². The highest BCUT2D eigenvalue weighted by atomic mass is 16.5. The lowest BCUT2D eigenvalue weighted by Gasteiger charge is -2.10. The number of hydrogen-bond donors (Lipinski definition) is 0. The van der Waals surface area contributed by atoms with Crippen LogP contribution in [0.1, 0.15) is 24.8 Å². The molecule has 20 heavy (non-hydrogen) atoms. The van der Waals surface area contributed by atoms with Crippen molar-refractivity contribution in [2.24, 2.45) is 11.0 Å². The third-order valence-corrected chi connectivity index (χ3v) is 3.70. The van der Waals surface area contributed by atoms with Crippen molar-refractivity contribution in [3.05, 3.63) is 23.8 Å². The molecule has 1 heterocycles. The molecule has 1 fully saturated rings. The molecule has 1 aromatic rings. The highest BCUT2D eigenvalue weighted by molar-refractivity contribution is 6.03. The summed E-state index contributed by atoms with van der Waals surface area (Å²) in [5, 5.41) is 6.07. The molecule has 0 atom stereocenters. The second-order valence-corrected chi connectivity index (χ2v) is 5.10. The van der Waals surface area contributed by atoms with Crippen LogP contribution in [0.2, 0.25) is 0 Å². The van der Waals surface area contributed by atoms with Crippen LogP contribution in [0.5, 0.6) is 11.5 Å². The first-order valence-electron chi connectivity index (χ1n) is 6.84. The van der Waals surface area contributed by atoms with Crippen molar-refractivity contribution in [3.8, 4) is 11.5 Å². The van der Waals surface area contributed by atoms with E-state index in [1.54, 1.807) is 19.2 Å².